The van der Waals surface area contributed by atoms with Crippen LogP contribution in [0.5, 0.6) is 11.5 Å². The van der Waals surface area contributed by atoms with Gasteiger partial charge in [0.25, 0.3) is 5.91 Å². The monoisotopic (exact) mass is 458 g/mol. The Morgan fingerprint density at radius 1 is 1.22 bits per heavy atom. The molecule has 0 spiro atoms. The summed E-state index contributed by atoms with van der Waals surface area (Å²) >= 11 is 6.31. The summed E-state index contributed by atoms with van der Waals surface area (Å²) in [5.74, 6) is -0.548. The zero-order valence-corrected chi connectivity index (χ0v) is 18.7. The Kier molecular flexibility index (Phi) is 7.37. The van der Waals surface area contributed by atoms with Crippen molar-refractivity contribution in [2.24, 2.45) is 0 Å². The molecule has 2 aromatic carbocycles. The number of methoxy groups -OCH3 is 1. The second kappa shape index (κ2) is 10.2. The third-order valence-corrected chi connectivity index (χ3v) is 4.87. The second-order valence-corrected chi connectivity index (χ2v) is 7.40. The van der Waals surface area contributed by atoms with Crippen LogP contribution in [0.1, 0.15) is 23.6 Å². The van der Waals surface area contributed by atoms with E-state index < -0.39 is 17.9 Å². The highest BCUT2D eigenvalue weighted by Crippen LogP contribution is 2.37. The molecule has 1 heterocycles. The van der Waals surface area contributed by atoms with Crippen LogP contribution in [0.25, 0.3) is 6.08 Å². The van der Waals surface area contributed by atoms with E-state index in [1.54, 1.807) is 19.1 Å². The Bertz CT molecular complexity index is 1080. The summed E-state index contributed by atoms with van der Waals surface area (Å²) in [6, 6.07) is 10.2. The number of amides is 3. The number of rotatable bonds is 8. The van der Waals surface area contributed by atoms with Crippen LogP contribution < -0.4 is 14.8 Å². The molecule has 3 amide bonds. The van der Waals surface area contributed by atoms with Crippen molar-refractivity contribution in [1.82, 2.24) is 10.2 Å². The van der Waals surface area contributed by atoms with Gasteiger partial charge < -0.3 is 19.5 Å². The van der Waals surface area contributed by atoms with Gasteiger partial charge in [-0.2, -0.15) is 0 Å². The quantitative estimate of drug-likeness (QED) is 0.368. The van der Waals surface area contributed by atoms with Gasteiger partial charge in [0.15, 0.2) is 18.1 Å². The summed E-state index contributed by atoms with van der Waals surface area (Å²) in [4.78, 5) is 37.8. The van der Waals surface area contributed by atoms with Crippen LogP contribution in [0.3, 0.4) is 0 Å². The van der Waals surface area contributed by atoms with Crippen LogP contribution in [0.2, 0.25) is 5.02 Å². The Morgan fingerprint density at radius 2 is 2.00 bits per heavy atom. The molecule has 168 valence electrons. The average Bonchev–Trinajstić information content (AvgIpc) is 3.00. The normalized spacial score (nSPS) is 14.5. The summed E-state index contributed by atoms with van der Waals surface area (Å²) in [7, 11) is 1.42. The Hall–Kier alpha value is -3.52. The van der Waals surface area contributed by atoms with E-state index in [-0.39, 0.29) is 42.0 Å². The van der Waals surface area contributed by atoms with Crippen molar-refractivity contribution in [3.8, 4) is 11.5 Å². The number of carbonyl (C=O) groups excluding carboxylic acids is 3. The molecule has 0 aliphatic carbocycles. The van der Waals surface area contributed by atoms with Crippen LogP contribution in [-0.2, 0) is 20.9 Å². The number of carbonyl (C=O) groups is 3. The minimum absolute atomic E-state index is 0.112. The molecular weight excluding hydrogens is 436 g/mol. The number of benzene rings is 2. The van der Waals surface area contributed by atoms with Gasteiger partial charge >= 0.3 is 12.0 Å². The summed E-state index contributed by atoms with van der Waals surface area (Å²) in [6.07, 6.45) is 1.50. The lowest BCUT2D eigenvalue weighted by atomic mass is 10.1. The van der Waals surface area contributed by atoms with E-state index >= 15 is 0 Å². The minimum Gasteiger partial charge on any atom is -0.493 e. The van der Waals surface area contributed by atoms with Crippen LogP contribution in [0.15, 0.2) is 42.1 Å². The van der Waals surface area contributed by atoms with Gasteiger partial charge in [0.2, 0.25) is 0 Å². The maximum Gasteiger partial charge on any atom is 0.344 e. The first kappa shape index (κ1) is 23.1. The molecule has 2 aromatic rings. The van der Waals surface area contributed by atoms with E-state index in [9.17, 15) is 14.4 Å². The highest BCUT2D eigenvalue weighted by Gasteiger charge is 2.33. The molecular formula is C23H23ClN2O6. The standard InChI is InChI=1S/C23H23ClN2O6/c1-4-31-20(27)13-32-21-17(24)9-16(11-19(21)30-3)10-18-22(28)26(23(29)25-18)12-15-7-5-6-14(2)8-15/h5-11H,4,12-13H2,1-3H3,(H,25,29)/b18-10+. The van der Waals surface area contributed by atoms with E-state index in [1.807, 2.05) is 31.2 Å². The van der Waals surface area contributed by atoms with Crippen LogP contribution in [0.4, 0.5) is 4.79 Å². The number of esters is 1. The zero-order valence-electron chi connectivity index (χ0n) is 17.9. The number of aryl methyl sites for hydroxylation is 1. The fraction of sp³-hybridized carbons (Fsp3) is 0.261. The lowest BCUT2D eigenvalue weighted by Crippen LogP contribution is -2.30. The lowest BCUT2D eigenvalue weighted by molar-refractivity contribution is -0.145. The summed E-state index contributed by atoms with van der Waals surface area (Å²) in [5, 5.41) is 2.76. The van der Waals surface area contributed by atoms with E-state index in [1.165, 1.54) is 13.2 Å². The topological polar surface area (TPSA) is 94.2 Å². The first-order valence-electron chi connectivity index (χ1n) is 9.88. The molecule has 1 fully saturated rings. The van der Waals surface area contributed by atoms with Gasteiger partial charge in [-0.3, -0.25) is 9.69 Å². The first-order chi connectivity index (χ1) is 15.3. The fourth-order valence-electron chi connectivity index (χ4n) is 3.17. The molecule has 0 radical (unpaired) electrons. The predicted molar refractivity (Wildman–Crippen MR) is 118 cm³/mol. The van der Waals surface area contributed by atoms with Gasteiger partial charge in [0.05, 0.1) is 25.3 Å². The van der Waals surface area contributed by atoms with Gasteiger partial charge in [-0.25, -0.2) is 9.59 Å². The van der Waals surface area contributed by atoms with E-state index in [0.29, 0.717) is 5.56 Å². The molecule has 0 atom stereocenters. The van der Waals surface area contributed by atoms with Gasteiger partial charge in [-0.1, -0.05) is 41.4 Å². The second-order valence-electron chi connectivity index (χ2n) is 7.00. The van der Waals surface area contributed by atoms with Crippen LogP contribution in [-0.4, -0.2) is 43.1 Å². The van der Waals surface area contributed by atoms with Crippen molar-refractivity contribution in [3.05, 3.63) is 63.8 Å². The maximum absolute atomic E-state index is 12.8. The van der Waals surface area contributed by atoms with E-state index in [2.05, 4.69) is 5.32 Å². The molecule has 1 aliphatic heterocycles. The Labute approximate surface area is 190 Å². The summed E-state index contributed by atoms with van der Waals surface area (Å²) < 4.78 is 15.6. The molecule has 0 saturated carbocycles. The van der Waals surface area contributed by atoms with Crippen molar-refractivity contribution >= 4 is 35.6 Å². The van der Waals surface area contributed by atoms with Crippen molar-refractivity contribution in [1.29, 1.82) is 0 Å². The number of halogens is 1. The van der Waals surface area contributed by atoms with Gasteiger partial charge in [-0.05, 0) is 43.2 Å². The molecule has 0 aromatic heterocycles. The molecule has 1 N–H and O–H groups in total. The van der Waals surface area contributed by atoms with Crippen molar-refractivity contribution in [2.75, 3.05) is 20.3 Å². The first-order valence-corrected chi connectivity index (χ1v) is 10.3. The molecule has 1 saturated heterocycles. The average molecular weight is 459 g/mol. The lowest BCUT2D eigenvalue weighted by Gasteiger charge is -2.13. The molecule has 9 heteroatoms. The molecule has 8 nitrogen and oxygen atoms in total. The van der Waals surface area contributed by atoms with Crippen LogP contribution in [0, 0.1) is 6.92 Å². The number of nitrogens with zero attached hydrogens (tertiary/aromatic N) is 1. The van der Waals surface area contributed by atoms with Crippen molar-refractivity contribution < 1.29 is 28.6 Å². The van der Waals surface area contributed by atoms with E-state index in [0.717, 1.165) is 16.0 Å². The third kappa shape index (κ3) is 5.39. The highest BCUT2D eigenvalue weighted by atomic mass is 35.5. The molecule has 0 bridgehead atoms. The third-order valence-electron chi connectivity index (χ3n) is 4.59. The SMILES string of the molecule is CCOC(=O)COc1c(Cl)cc(/C=C2/NC(=O)N(Cc3cccc(C)c3)C2=O)cc1OC. The molecule has 3 rings (SSSR count). The number of hydrogen-bond donors (Lipinski definition) is 1. The van der Waals surface area contributed by atoms with E-state index in [4.69, 9.17) is 25.8 Å². The summed E-state index contributed by atoms with van der Waals surface area (Å²) in [5.41, 5.74) is 2.51. The number of imide groups is 1. The fourth-order valence-corrected chi connectivity index (χ4v) is 3.45. The highest BCUT2D eigenvalue weighted by molar-refractivity contribution is 6.32. The summed E-state index contributed by atoms with van der Waals surface area (Å²) in [6.45, 7) is 3.71. The largest absolute Gasteiger partial charge is 0.493 e. The molecule has 32 heavy (non-hydrogen) atoms. The Balaban J connectivity index is 1.80. The number of hydrogen-bond acceptors (Lipinski definition) is 6. The smallest absolute Gasteiger partial charge is 0.344 e. The maximum atomic E-state index is 12.8. The molecule has 0 unspecified atom stereocenters. The van der Waals surface area contributed by atoms with Gasteiger partial charge in [0, 0.05) is 0 Å². The van der Waals surface area contributed by atoms with Crippen LogP contribution >= 0.6 is 11.6 Å². The number of ether oxygens (including phenoxy) is 3. The zero-order chi connectivity index (χ0) is 23.3. The number of nitrogens with one attached hydrogen (secondary N) is 1. The number of urea groups is 1. The van der Waals surface area contributed by atoms with Gasteiger partial charge in [-0.15, -0.1) is 0 Å². The minimum atomic E-state index is -0.537. The van der Waals surface area contributed by atoms with Crippen molar-refractivity contribution in [3.63, 3.8) is 0 Å². The Morgan fingerprint density at radius 3 is 2.69 bits per heavy atom. The van der Waals surface area contributed by atoms with Crippen molar-refractivity contribution in [2.45, 2.75) is 20.4 Å². The predicted octanol–water partition coefficient (Wildman–Crippen LogP) is 3.69. The van der Waals surface area contributed by atoms with Gasteiger partial charge in [0.1, 0.15) is 5.70 Å². The molecule has 1 aliphatic rings.